The molecule has 1 saturated carbocycles. The van der Waals surface area contributed by atoms with Gasteiger partial charge in [-0.15, -0.1) is 0 Å². The fraction of sp³-hybridized carbons (Fsp3) is 0.400. The Kier molecular flexibility index (Phi) is 3.40. The molecule has 3 rings (SSSR count). The van der Waals surface area contributed by atoms with Gasteiger partial charge in [0.25, 0.3) is 0 Å². The first-order chi connectivity index (χ1) is 9.31. The van der Waals surface area contributed by atoms with E-state index < -0.39 is 0 Å². The zero-order chi connectivity index (χ0) is 13.1. The van der Waals surface area contributed by atoms with E-state index in [9.17, 15) is 5.11 Å². The molecule has 0 saturated heterocycles. The molecule has 0 atom stereocenters. The van der Waals surface area contributed by atoms with E-state index in [2.05, 4.69) is 5.10 Å². The Bertz CT molecular complexity index is 545. The fourth-order valence-electron chi connectivity index (χ4n) is 2.52. The Labute approximate surface area is 112 Å². The van der Waals surface area contributed by atoms with E-state index in [0.29, 0.717) is 6.10 Å². The van der Waals surface area contributed by atoms with Crippen molar-refractivity contribution in [2.24, 2.45) is 0 Å². The van der Waals surface area contributed by atoms with Gasteiger partial charge in [-0.1, -0.05) is 12.5 Å². The summed E-state index contributed by atoms with van der Waals surface area (Å²) in [6, 6.07) is 7.02. The molecule has 0 unspecified atom stereocenters. The quantitative estimate of drug-likeness (QED) is 0.919. The highest BCUT2D eigenvalue weighted by molar-refractivity contribution is 5.38. The summed E-state index contributed by atoms with van der Waals surface area (Å²) in [7, 11) is 0. The van der Waals surface area contributed by atoms with E-state index in [4.69, 9.17) is 4.74 Å². The van der Waals surface area contributed by atoms with Crippen LogP contribution in [-0.4, -0.2) is 21.0 Å². The van der Waals surface area contributed by atoms with Crippen molar-refractivity contribution < 1.29 is 9.84 Å². The first-order valence-electron chi connectivity index (χ1n) is 6.82. The fourth-order valence-corrected chi connectivity index (χ4v) is 2.52. The van der Waals surface area contributed by atoms with E-state index in [1.54, 1.807) is 29.1 Å². The third-order valence-corrected chi connectivity index (χ3v) is 3.51. The van der Waals surface area contributed by atoms with Crippen molar-refractivity contribution in [3.8, 4) is 17.2 Å². The van der Waals surface area contributed by atoms with Crippen molar-refractivity contribution in [2.75, 3.05) is 0 Å². The lowest BCUT2D eigenvalue weighted by atomic mass is 9.98. The van der Waals surface area contributed by atoms with Gasteiger partial charge in [-0.3, -0.25) is 0 Å². The van der Waals surface area contributed by atoms with Crippen LogP contribution in [0.3, 0.4) is 0 Å². The molecule has 19 heavy (non-hydrogen) atoms. The molecule has 4 nitrogen and oxygen atoms in total. The highest BCUT2D eigenvalue weighted by Gasteiger charge is 2.15. The molecule has 1 fully saturated rings. The van der Waals surface area contributed by atoms with E-state index in [1.165, 1.54) is 19.3 Å². The molecule has 1 aliphatic rings. The maximum atomic E-state index is 9.47. The predicted octanol–water partition coefficient (Wildman–Crippen LogP) is 3.29. The molecule has 1 heterocycles. The second kappa shape index (κ2) is 5.34. The van der Waals surface area contributed by atoms with Crippen LogP contribution in [-0.2, 0) is 0 Å². The molecular formula is C15H18N2O2. The topological polar surface area (TPSA) is 47.3 Å². The van der Waals surface area contributed by atoms with E-state index in [1.807, 2.05) is 12.3 Å². The molecule has 1 aromatic heterocycles. The van der Waals surface area contributed by atoms with Crippen LogP contribution in [0.25, 0.3) is 5.69 Å². The number of hydrogen-bond acceptors (Lipinski definition) is 3. The van der Waals surface area contributed by atoms with Gasteiger partial charge in [0, 0.05) is 6.07 Å². The molecule has 0 amide bonds. The summed E-state index contributed by atoms with van der Waals surface area (Å²) in [4.78, 5) is 0. The molecule has 0 bridgehead atoms. The summed E-state index contributed by atoms with van der Waals surface area (Å²) in [5.74, 6) is 1.04. The van der Waals surface area contributed by atoms with Gasteiger partial charge in [-0.05, 0) is 37.8 Å². The Hall–Kier alpha value is -1.97. The summed E-state index contributed by atoms with van der Waals surface area (Å²) in [5, 5.41) is 13.7. The van der Waals surface area contributed by atoms with Crippen LogP contribution in [0.15, 0.2) is 36.7 Å². The van der Waals surface area contributed by atoms with Gasteiger partial charge in [-0.25, -0.2) is 4.68 Å². The highest BCUT2D eigenvalue weighted by Crippen LogP contribution is 2.24. The van der Waals surface area contributed by atoms with Crippen LogP contribution in [0, 0.1) is 0 Å². The molecule has 2 aromatic rings. The number of aromatic hydroxyl groups is 1. The van der Waals surface area contributed by atoms with Crippen LogP contribution in [0.1, 0.15) is 32.1 Å². The summed E-state index contributed by atoms with van der Waals surface area (Å²) in [6.45, 7) is 0. The number of phenolic OH excluding ortho intramolecular Hbond substituents is 1. The SMILES string of the molecule is Oc1cccc(-n2cc(OC3CCCCC3)cn2)c1. The smallest absolute Gasteiger partial charge is 0.158 e. The molecule has 1 N–H and O–H groups in total. The normalized spacial score (nSPS) is 16.4. The first kappa shape index (κ1) is 12.1. The number of benzene rings is 1. The van der Waals surface area contributed by atoms with Crippen molar-refractivity contribution in [3.05, 3.63) is 36.7 Å². The highest BCUT2D eigenvalue weighted by atomic mass is 16.5. The largest absolute Gasteiger partial charge is 0.508 e. The average Bonchev–Trinajstić information content (AvgIpc) is 2.88. The van der Waals surface area contributed by atoms with Gasteiger partial charge >= 0.3 is 0 Å². The molecule has 100 valence electrons. The van der Waals surface area contributed by atoms with Gasteiger partial charge in [0.05, 0.1) is 24.2 Å². The van der Waals surface area contributed by atoms with Gasteiger partial charge in [0.15, 0.2) is 5.75 Å². The lowest BCUT2D eigenvalue weighted by Crippen LogP contribution is -2.19. The number of ether oxygens (including phenoxy) is 1. The summed E-state index contributed by atoms with van der Waals surface area (Å²) in [5.41, 5.74) is 0.832. The van der Waals surface area contributed by atoms with E-state index in [0.717, 1.165) is 24.3 Å². The predicted molar refractivity (Wildman–Crippen MR) is 72.7 cm³/mol. The maximum Gasteiger partial charge on any atom is 0.158 e. The zero-order valence-electron chi connectivity index (χ0n) is 10.8. The van der Waals surface area contributed by atoms with Crippen molar-refractivity contribution in [1.29, 1.82) is 0 Å². The van der Waals surface area contributed by atoms with Gasteiger partial charge in [-0.2, -0.15) is 5.10 Å². The average molecular weight is 258 g/mol. The van der Waals surface area contributed by atoms with Crippen LogP contribution >= 0.6 is 0 Å². The van der Waals surface area contributed by atoms with Crippen LogP contribution < -0.4 is 4.74 Å². The van der Waals surface area contributed by atoms with E-state index in [-0.39, 0.29) is 5.75 Å². The lowest BCUT2D eigenvalue weighted by molar-refractivity contribution is 0.155. The zero-order valence-corrected chi connectivity index (χ0v) is 10.8. The molecular weight excluding hydrogens is 240 g/mol. The Morgan fingerprint density at radius 2 is 2.05 bits per heavy atom. The Balaban J connectivity index is 1.72. The van der Waals surface area contributed by atoms with Crippen molar-refractivity contribution in [3.63, 3.8) is 0 Å². The summed E-state index contributed by atoms with van der Waals surface area (Å²) < 4.78 is 7.66. The summed E-state index contributed by atoms with van der Waals surface area (Å²) >= 11 is 0. The number of rotatable bonds is 3. The number of phenols is 1. The van der Waals surface area contributed by atoms with Crippen LogP contribution in [0.5, 0.6) is 11.5 Å². The number of nitrogens with zero attached hydrogens (tertiary/aromatic N) is 2. The van der Waals surface area contributed by atoms with Crippen molar-refractivity contribution in [2.45, 2.75) is 38.2 Å². The minimum absolute atomic E-state index is 0.239. The standard InChI is InChI=1S/C15H18N2O2/c18-13-6-4-5-12(9-13)17-11-15(10-16-17)19-14-7-2-1-3-8-14/h4-6,9-11,14,18H,1-3,7-8H2. The minimum Gasteiger partial charge on any atom is -0.508 e. The first-order valence-corrected chi connectivity index (χ1v) is 6.82. The van der Waals surface area contributed by atoms with Gasteiger partial charge < -0.3 is 9.84 Å². The van der Waals surface area contributed by atoms with Gasteiger partial charge in [0.2, 0.25) is 0 Å². The molecule has 0 spiro atoms. The van der Waals surface area contributed by atoms with Crippen molar-refractivity contribution in [1.82, 2.24) is 9.78 Å². The van der Waals surface area contributed by atoms with Gasteiger partial charge in [0.1, 0.15) is 5.75 Å². The summed E-state index contributed by atoms with van der Waals surface area (Å²) in [6.07, 6.45) is 10.0. The second-order valence-corrected chi connectivity index (χ2v) is 5.02. The lowest BCUT2D eigenvalue weighted by Gasteiger charge is -2.21. The van der Waals surface area contributed by atoms with Crippen molar-refractivity contribution >= 4 is 0 Å². The number of hydrogen-bond donors (Lipinski definition) is 1. The molecule has 0 radical (unpaired) electrons. The molecule has 1 aromatic carbocycles. The Morgan fingerprint density at radius 1 is 1.21 bits per heavy atom. The van der Waals surface area contributed by atoms with E-state index >= 15 is 0 Å². The number of aromatic nitrogens is 2. The second-order valence-electron chi connectivity index (χ2n) is 5.02. The molecule has 1 aliphatic carbocycles. The monoisotopic (exact) mass is 258 g/mol. The minimum atomic E-state index is 0.239. The van der Waals surface area contributed by atoms with Crippen LogP contribution in [0.4, 0.5) is 0 Å². The molecule has 4 heteroatoms. The van der Waals surface area contributed by atoms with Crippen LogP contribution in [0.2, 0.25) is 0 Å². The third kappa shape index (κ3) is 2.89. The Morgan fingerprint density at radius 3 is 2.84 bits per heavy atom. The maximum absolute atomic E-state index is 9.47. The molecule has 0 aliphatic heterocycles. The third-order valence-electron chi connectivity index (χ3n) is 3.51.